The van der Waals surface area contributed by atoms with E-state index in [0.29, 0.717) is 12.1 Å². The second kappa shape index (κ2) is 5.36. The molecule has 0 saturated heterocycles. The smallest absolute Gasteiger partial charge is 0.296 e. The zero-order valence-electron chi connectivity index (χ0n) is 10.8. The molecule has 0 radical (unpaired) electrons. The van der Waals surface area contributed by atoms with Crippen LogP contribution in [0.4, 0.5) is 11.5 Å². The van der Waals surface area contributed by atoms with Crippen LogP contribution in [0, 0.1) is 21.4 Å². The van der Waals surface area contributed by atoms with E-state index in [1.807, 2.05) is 13.0 Å². The van der Waals surface area contributed by atoms with Crippen LogP contribution in [0.5, 0.6) is 0 Å². The molecule has 20 heavy (non-hydrogen) atoms. The summed E-state index contributed by atoms with van der Waals surface area (Å²) in [5, 5.41) is 27.6. The van der Waals surface area contributed by atoms with Crippen molar-refractivity contribution in [3.05, 3.63) is 39.6 Å². The highest BCUT2D eigenvalue weighted by molar-refractivity contribution is 5.57. The molecule has 1 heterocycles. The van der Waals surface area contributed by atoms with Gasteiger partial charge in [0.15, 0.2) is 5.82 Å². The third-order valence-corrected chi connectivity index (χ3v) is 2.81. The van der Waals surface area contributed by atoms with Gasteiger partial charge in [-0.25, -0.2) is 4.68 Å². The highest BCUT2D eigenvalue weighted by atomic mass is 16.6. The number of nitro benzene ring substituents is 1. The van der Waals surface area contributed by atoms with Crippen LogP contribution in [0.3, 0.4) is 0 Å². The SMILES string of the molecule is CCCc1c(N)nnn1-c1ccc(C#N)cc1[N+](=O)[O-]. The Morgan fingerprint density at radius 3 is 2.90 bits per heavy atom. The molecule has 1 aromatic carbocycles. The van der Waals surface area contributed by atoms with E-state index in [-0.39, 0.29) is 22.8 Å². The van der Waals surface area contributed by atoms with Gasteiger partial charge in [0, 0.05) is 6.07 Å². The standard InChI is InChI=1S/C12H12N6O2/c1-2-3-10-12(14)15-16-17(10)9-5-4-8(7-13)6-11(9)18(19)20/h4-6H,2-3,14H2,1H3. The fourth-order valence-corrected chi connectivity index (χ4v) is 1.90. The Balaban J connectivity index is 2.64. The largest absolute Gasteiger partial charge is 0.381 e. The van der Waals surface area contributed by atoms with Crippen molar-refractivity contribution in [2.24, 2.45) is 0 Å². The Labute approximate surface area is 114 Å². The Hall–Kier alpha value is -2.95. The number of nitrogen functional groups attached to an aromatic ring is 1. The average molecular weight is 272 g/mol. The quantitative estimate of drug-likeness (QED) is 0.665. The van der Waals surface area contributed by atoms with Gasteiger partial charge in [0.05, 0.1) is 22.2 Å². The van der Waals surface area contributed by atoms with Crippen LogP contribution in [-0.4, -0.2) is 19.9 Å². The topological polar surface area (TPSA) is 124 Å². The molecule has 0 spiro atoms. The molecule has 2 aromatic rings. The van der Waals surface area contributed by atoms with E-state index in [0.717, 1.165) is 6.42 Å². The molecule has 102 valence electrons. The van der Waals surface area contributed by atoms with Crippen molar-refractivity contribution >= 4 is 11.5 Å². The zero-order chi connectivity index (χ0) is 14.7. The number of rotatable bonds is 4. The van der Waals surface area contributed by atoms with Crippen LogP contribution in [0.15, 0.2) is 18.2 Å². The molecule has 0 atom stereocenters. The van der Waals surface area contributed by atoms with E-state index in [9.17, 15) is 10.1 Å². The lowest BCUT2D eigenvalue weighted by Crippen LogP contribution is -2.07. The highest BCUT2D eigenvalue weighted by Crippen LogP contribution is 2.26. The van der Waals surface area contributed by atoms with E-state index in [2.05, 4.69) is 10.3 Å². The number of anilines is 1. The normalized spacial score (nSPS) is 10.2. The van der Waals surface area contributed by atoms with E-state index in [1.165, 1.54) is 22.9 Å². The van der Waals surface area contributed by atoms with Crippen LogP contribution in [0.1, 0.15) is 24.6 Å². The predicted molar refractivity (Wildman–Crippen MR) is 71.1 cm³/mol. The van der Waals surface area contributed by atoms with E-state index in [4.69, 9.17) is 11.0 Å². The molecule has 0 aliphatic heterocycles. The lowest BCUT2D eigenvalue weighted by molar-refractivity contribution is -0.384. The molecule has 0 amide bonds. The molecule has 2 N–H and O–H groups in total. The summed E-state index contributed by atoms with van der Waals surface area (Å²) in [6.07, 6.45) is 1.41. The maximum absolute atomic E-state index is 11.1. The van der Waals surface area contributed by atoms with E-state index >= 15 is 0 Å². The molecule has 8 heteroatoms. The fraction of sp³-hybridized carbons (Fsp3) is 0.250. The van der Waals surface area contributed by atoms with Crippen molar-refractivity contribution in [2.45, 2.75) is 19.8 Å². The van der Waals surface area contributed by atoms with Crippen molar-refractivity contribution in [3.8, 4) is 11.8 Å². The Kier molecular flexibility index (Phi) is 3.61. The number of nitriles is 1. The summed E-state index contributed by atoms with van der Waals surface area (Å²) in [7, 11) is 0. The minimum atomic E-state index is -0.552. The first kappa shape index (κ1) is 13.5. The number of nitrogens with two attached hydrogens (primary N) is 1. The van der Waals surface area contributed by atoms with Crippen LogP contribution in [0.2, 0.25) is 0 Å². The monoisotopic (exact) mass is 272 g/mol. The molecular weight excluding hydrogens is 260 g/mol. The van der Waals surface area contributed by atoms with Gasteiger partial charge < -0.3 is 5.73 Å². The van der Waals surface area contributed by atoms with Gasteiger partial charge in [-0.1, -0.05) is 18.6 Å². The lowest BCUT2D eigenvalue weighted by atomic mass is 10.1. The number of aromatic nitrogens is 3. The number of hydrogen-bond donors (Lipinski definition) is 1. The molecule has 0 aliphatic carbocycles. The second-order valence-corrected chi connectivity index (χ2v) is 4.16. The van der Waals surface area contributed by atoms with Crippen molar-refractivity contribution in [2.75, 3.05) is 5.73 Å². The summed E-state index contributed by atoms with van der Waals surface area (Å²) in [6, 6.07) is 6.05. The number of hydrogen-bond acceptors (Lipinski definition) is 6. The van der Waals surface area contributed by atoms with Gasteiger partial charge in [0.1, 0.15) is 5.69 Å². The van der Waals surface area contributed by atoms with Gasteiger partial charge in [-0.3, -0.25) is 10.1 Å². The number of benzene rings is 1. The van der Waals surface area contributed by atoms with Gasteiger partial charge in [-0.2, -0.15) is 5.26 Å². The molecule has 0 aliphatic rings. The Morgan fingerprint density at radius 1 is 1.55 bits per heavy atom. The summed E-state index contributed by atoms with van der Waals surface area (Å²) in [5.41, 5.74) is 6.62. The van der Waals surface area contributed by atoms with Gasteiger partial charge in [0.2, 0.25) is 0 Å². The summed E-state index contributed by atoms with van der Waals surface area (Å²) in [6.45, 7) is 1.96. The summed E-state index contributed by atoms with van der Waals surface area (Å²) in [5.74, 6) is 0.255. The van der Waals surface area contributed by atoms with Crippen LogP contribution in [-0.2, 0) is 6.42 Å². The van der Waals surface area contributed by atoms with Gasteiger partial charge in [-0.05, 0) is 18.6 Å². The Bertz CT molecular complexity index is 700. The molecule has 0 bridgehead atoms. The lowest BCUT2D eigenvalue weighted by Gasteiger charge is -2.06. The maximum atomic E-state index is 11.1. The van der Waals surface area contributed by atoms with E-state index in [1.54, 1.807) is 0 Å². The number of nitro groups is 1. The van der Waals surface area contributed by atoms with Crippen molar-refractivity contribution in [3.63, 3.8) is 0 Å². The van der Waals surface area contributed by atoms with E-state index < -0.39 is 4.92 Å². The molecule has 0 fully saturated rings. The van der Waals surface area contributed by atoms with Gasteiger partial charge in [-0.15, -0.1) is 5.10 Å². The molecule has 1 aromatic heterocycles. The van der Waals surface area contributed by atoms with Crippen molar-refractivity contribution < 1.29 is 4.92 Å². The van der Waals surface area contributed by atoms with Crippen molar-refractivity contribution in [1.82, 2.24) is 15.0 Å². The second-order valence-electron chi connectivity index (χ2n) is 4.16. The first-order valence-corrected chi connectivity index (χ1v) is 5.97. The van der Waals surface area contributed by atoms with Gasteiger partial charge in [0.25, 0.3) is 5.69 Å². The fourth-order valence-electron chi connectivity index (χ4n) is 1.90. The molecule has 0 unspecified atom stereocenters. The average Bonchev–Trinajstić information content (AvgIpc) is 2.80. The van der Waals surface area contributed by atoms with Gasteiger partial charge >= 0.3 is 0 Å². The summed E-state index contributed by atoms with van der Waals surface area (Å²) < 4.78 is 1.36. The zero-order valence-corrected chi connectivity index (χ0v) is 10.8. The third kappa shape index (κ3) is 2.29. The number of nitrogens with zero attached hydrogens (tertiary/aromatic N) is 5. The molecule has 0 saturated carbocycles. The van der Waals surface area contributed by atoms with Crippen LogP contribution < -0.4 is 5.73 Å². The van der Waals surface area contributed by atoms with Crippen LogP contribution >= 0.6 is 0 Å². The Morgan fingerprint density at radius 2 is 2.30 bits per heavy atom. The van der Waals surface area contributed by atoms with Crippen molar-refractivity contribution in [1.29, 1.82) is 5.26 Å². The molecular formula is C12H12N6O2. The third-order valence-electron chi connectivity index (χ3n) is 2.81. The maximum Gasteiger partial charge on any atom is 0.296 e. The summed E-state index contributed by atoms with van der Waals surface area (Å²) >= 11 is 0. The predicted octanol–water partition coefficient (Wildman–Crippen LogP) is 1.58. The molecule has 8 nitrogen and oxygen atoms in total. The first-order chi connectivity index (χ1) is 9.58. The van der Waals surface area contributed by atoms with Crippen LogP contribution in [0.25, 0.3) is 5.69 Å². The minimum absolute atomic E-state index is 0.202. The highest BCUT2D eigenvalue weighted by Gasteiger charge is 2.21. The first-order valence-electron chi connectivity index (χ1n) is 5.97. The molecule has 2 rings (SSSR count). The summed E-state index contributed by atoms with van der Waals surface area (Å²) in [4.78, 5) is 10.6. The minimum Gasteiger partial charge on any atom is -0.381 e.